The van der Waals surface area contributed by atoms with Gasteiger partial charge in [0.15, 0.2) is 10.3 Å². The Balaban J connectivity index is 1.65. The Morgan fingerprint density at radius 1 is 1.04 bits per heavy atom. The van der Waals surface area contributed by atoms with Gasteiger partial charge in [0.2, 0.25) is 0 Å². The number of rotatable bonds is 4. The molecule has 24 heavy (non-hydrogen) atoms. The van der Waals surface area contributed by atoms with Crippen molar-refractivity contribution in [1.29, 1.82) is 0 Å². The number of aromatic nitrogens is 2. The van der Waals surface area contributed by atoms with E-state index in [1.165, 1.54) is 11.3 Å². The number of para-hydroxylation sites is 1. The van der Waals surface area contributed by atoms with E-state index in [1.54, 1.807) is 30.6 Å². The van der Waals surface area contributed by atoms with Gasteiger partial charge < -0.3 is 5.32 Å². The van der Waals surface area contributed by atoms with Crippen LogP contribution in [0.3, 0.4) is 0 Å². The van der Waals surface area contributed by atoms with Crippen LogP contribution in [0.15, 0.2) is 41.9 Å². The van der Waals surface area contributed by atoms with Crippen molar-refractivity contribution >= 4 is 50.6 Å². The molecular formula is C15H13N5O2S2. The molecule has 0 aliphatic heterocycles. The van der Waals surface area contributed by atoms with Crippen molar-refractivity contribution < 1.29 is 9.59 Å². The van der Waals surface area contributed by atoms with Crippen LogP contribution in [0.1, 0.15) is 15.4 Å². The van der Waals surface area contributed by atoms with Gasteiger partial charge >= 0.3 is 6.03 Å². The maximum absolute atomic E-state index is 12.2. The summed E-state index contributed by atoms with van der Waals surface area (Å²) in [5, 5.41) is 10.7. The molecule has 0 aliphatic carbocycles. The lowest BCUT2D eigenvalue weighted by molar-refractivity contribution is 0.102. The van der Waals surface area contributed by atoms with Crippen LogP contribution in [0, 0.1) is 6.92 Å². The number of thiazole rings is 2. The van der Waals surface area contributed by atoms with Gasteiger partial charge in [0.05, 0.1) is 5.69 Å². The summed E-state index contributed by atoms with van der Waals surface area (Å²) >= 11 is 2.44. The Kier molecular flexibility index (Phi) is 4.82. The monoisotopic (exact) mass is 359 g/mol. The normalized spacial score (nSPS) is 10.2. The first-order valence-corrected chi connectivity index (χ1v) is 8.63. The fraction of sp³-hybridized carbons (Fsp3) is 0.0667. The maximum atomic E-state index is 12.2. The summed E-state index contributed by atoms with van der Waals surface area (Å²) in [4.78, 5) is 32.8. The minimum Gasteiger partial charge on any atom is -0.308 e. The van der Waals surface area contributed by atoms with E-state index >= 15 is 0 Å². The van der Waals surface area contributed by atoms with Gasteiger partial charge in [0, 0.05) is 17.3 Å². The highest BCUT2D eigenvalue weighted by Gasteiger charge is 2.17. The maximum Gasteiger partial charge on any atom is 0.325 e. The third kappa shape index (κ3) is 3.94. The van der Waals surface area contributed by atoms with Crippen LogP contribution < -0.4 is 16.0 Å². The smallest absolute Gasteiger partial charge is 0.308 e. The van der Waals surface area contributed by atoms with Gasteiger partial charge in [-0.15, -0.1) is 11.3 Å². The zero-order valence-corrected chi connectivity index (χ0v) is 14.2. The van der Waals surface area contributed by atoms with Crippen LogP contribution in [-0.2, 0) is 0 Å². The number of urea groups is 1. The number of nitrogens with one attached hydrogen (secondary N) is 3. The molecule has 0 bridgehead atoms. The summed E-state index contributed by atoms with van der Waals surface area (Å²) < 4.78 is 0. The van der Waals surface area contributed by atoms with E-state index in [-0.39, 0.29) is 5.91 Å². The zero-order chi connectivity index (χ0) is 16.9. The molecule has 0 fully saturated rings. The fourth-order valence-corrected chi connectivity index (χ4v) is 3.26. The predicted molar refractivity (Wildman–Crippen MR) is 96.0 cm³/mol. The lowest BCUT2D eigenvalue weighted by Crippen LogP contribution is -2.19. The van der Waals surface area contributed by atoms with Gasteiger partial charge in [-0.3, -0.25) is 15.4 Å². The van der Waals surface area contributed by atoms with Gasteiger partial charge in [-0.25, -0.2) is 14.8 Å². The van der Waals surface area contributed by atoms with E-state index in [0.29, 0.717) is 26.5 Å². The lowest BCUT2D eigenvalue weighted by Gasteiger charge is -2.04. The van der Waals surface area contributed by atoms with Crippen molar-refractivity contribution in [1.82, 2.24) is 9.97 Å². The highest BCUT2D eigenvalue weighted by atomic mass is 32.1. The molecule has 0 saturated carbocycles. The Morgan fingerprint density at radius 2 is 1.83 bits per heavy atom. The van der Waals surface area contributed by atoms with Crippen LogP contribution in [0.5, 0.6) is 0 Å². The summed E-state index contributed by atoms with van der Waals surface area (Å²) in [6.07, 6.45) is 1.61. The molecule has 0 spiro atoms. The van der Waals surface area contributed by atoms with Crippen molar-refractivity contribution in [3.8, 4) is 0 Å². The van der Waals surface area contributed by atoms with Crippen LogP contribution >= 0.6 is 22.7 Å². The minimum atomic E-state index is -0.415. The second kappa shape index (κ2) is 7.20. The van der Waals surface area contributed by atoms with Crippen LogP contribution in [-0.4, -0.2) is 21.9 Å². The standard InChI is InChI=1S/C15H13N5O2S2/c1-9-11(12(21)19-14-16-7-8-23-14)24-15(17-9)20-13(22)18-10-5-3-2-4-6-10/h2-8H,1H3,(H,16,19,21)(H2,17,18,20,22). The molecule has 3 rings (SSSR count). The second-order valence-corrected chi connectivity index (χ2v) is 6.56. The van der Waals surface area contributed by atoms with Crippen LogP contribution in [0.25, 0.3) is 0 Å². The van der Waals surface area contributed by atoms with Crippen molar-refractivity contribution in [2.45, 2.75) is 6.92 Å². The van der Waals surface area contributed by atoms with Gasteiger partial charge in [-0.2, -0.15) is 0 Å². The molecule has 3 N–H and O–H groups in total. The third-order valence-corrected chi connectivity index (χ3v) is 4.67. The molecule has 2 heterocycles. The van der Waals surface area contributed by atoms with Gasteiger partial charge in [0.1, 0.15) is 4.88 Å². The van der Waals surface area contributed by atoms with E-state index in [0.717, 1.165) is 11.3 Å². The minimum absolute atomic E-state index is 0.295. The number of nitrogens with zero attached hydrogens (tertiary/aromatic N) is 2. The average Bonchev–Trinajstić information content (AvgIpc) is 3.18. The zero-order valence-electron chi connectivity index (χ0n) is 12.6. The number of aryl methyl sites for hydroxylation is 1. The molecule has 1 aromatic carbocycles. The van der Waals surface area contributed by atoms with E-state index in [2.05, 4.69) is 25.9 Å². The molecule has 9 heteroatoms. The summed E-state index contributed by atoms with van der Waals surface area (Å²) in [5.74, 6) is -0.295. The number of hydrogen-bond donors (Lipinski definition) is 3. The van der Waals surface area contributed by atoms with E-state index in [4.69, 9.17) is 0 Å². The Labute approximate surface area is 145 Å². The topological polar surface area (TPSA) is 96.0 Å². The Bertz CT molecular complexity index is 846. The molecule has 0 unspecified atom stereocenters. The molecule has 0 atom stereocenters. The van der Waals surface area contributed by atoms with Gasteiger partial charge in [-0.05, 0) is 19.1 Å². The van der Waals surface area contributed by atoms with Gasteiger partial charge in [-0.1, -0.05) is 29.5 Å². The number of benzene rings is 1. The number of amides is 3. The summed E-state index contributed by atoms with van der Waals surface area (Å²) in [5.41, 5.74) is 1.22. The molecule has 0 radical (unpaired) electrons. The summed E-state index contributed by atoms with van der Waals surface area (Å²) in [7, 11) is 0. The molecule has 122 valence electrons. The average molecular weight is 359 g/mol. The molecule has 3 amide bonds. The fourth-order valence-electron chi connectivity index (χ4n) is 1.88. The Hall–Kier alpha value is -2.78. The first-order chi connectivity index (χ1) is 11.6. The third-order valence-electron chi connectivity index (χ3n) is 2.91. The quantitative estimate of drug-likeness (QED) is 0.660. The second-order valence-electron chi connectivity index (χ2n) is 4.67. The number of hydrogen-bond acceptors (Lipinski definition) is 6. The van der Waals surface area contributed by atoms with Crippen molar-refractivity contribution in [2.75, 3.05) is 16.0 Å². The van der Waals surface area contributed by atoms with E-state index in [1.807, 2.05) is 18.2 Å². The van der Waals surface area contributed by atoms with Crippen LogP contribution in [0.4, 0.5) is 20.7 Å². The van der Waals surface area contributed by atoms with Gasteiger partial charge in [0.25, 0.3) is 5.91 Å². The van der Waals surface area contributed by atoms with E-state index < -0.39 is 6.03 Å². The molecule has 0 aliphatic rings. The Morgan fingerprint density at radius 3 is 2.54 bits per heavy atom. The number of carbonyl (C=O) groups excluding carboxylic acids is 2. The summed E-state index contributed by atoms with van der Waals surface area (Å²) in [6.45, 7) is 1.72. The van der Waals surface area contributed by atoms with Crippen molar-refractivity contribution in [3.05, 3.63) is 52.5 Å². The van der Waals surface area contributed by atoms with E-state index in [9.17, 15) is 9.59 Å². The number of carbonyl (C=O) groups is 2. The first kappa shape index (κ1) is 16.1. The predicted octanol–water partition coefficient (Wildman–Crippen LogP) is 3.80. The molecule has 2 aromatic heterocycles. The molecular weight excluding hydrogens is 346 g/mol. The first-order valence-electron chi connectivity index (χ1n) is 6.93. The lowest BCUT2D eigenvalue weighted by atomic mass is 10.3. The molecule has 3 aromatic rings. The highest BCUT2D eigenvalue weighted by Crippen LogP contribution is 2.24. The SMILES string of the molecule is Cc1nc(NC(=O)Nc2ccccc2)sc1C(=O)Nc1nccs1. The summed E-state index contributed by atoms with van der Waals surface area (Å²) in [6, 6.07) is 8.65. The number of anilines is 3. The van der Waals surface area contributed by atoms with Crippen LogP contribution in [0.2, 0.25) is 0 Å². The highest BCUT2D eigenvalue weighted by molar-refractivity contribution is 7.18. The van der Waals surface area contributed by atoms with Crippen molar-refractivity contribution in [3.63, 3.8) is 0 Å². The largest absolute Gasteiger partial charge is 0.325 e. The van der Waals surface area contributed by atoms with Crippen molar-refractivity contribution in [2.24, 2.45) is 0 Å². The molecule has 0 saturated heterocycles. The molecule has 7 nitrogen and oxygen atoms in total.